The van der Waals surface area contributed by atoms with Crippen molar-refractivity contribution in [3.8, 4) is 0 Å². The fraction of sp³-hybridized carbons (Fsp3) is 0. The van der Waals surface area contributed by atoms with Gasteiger partial charge >= 0.3 is 23.8 Å². The molecule has 9 heteroatoms. The molecule has 0 aromatic carbocycles. The van der Waals surface area contributed by atoms with Crippen LogP contribution in [0.1, 0.15) is 0 Å². The summed E-state index contributed by atoms with van der Waals surface area (Å²) < 4.78 is 0. The van der Waals surface area contributed by atoms with Crippen molar-refractivity contribution in [3.05, 3.63) is 0 Å². The van der Waals surface area contributed by atoms with Gasteiger partial charge in [-0.05, 0) is 0 Å². The van der Waals surface area contributed by atoms with Gasteiger partial charge in [0.1, 0.15) is 0 Å². The molecule has 0 spiro atoms. The quantitative estimate of drug-likeness (QED) is 0.274. The second kappa shape index (κ2) is 4.66. The number of rotatable bonds is 2. The summed E-state index contributed by atoms with van der Waals surface area (Å²) in [5, 5.41) is 15.9. The van der Waals surface area contributed by atoms with Gasteiger partial charge in [-0.1, -0.05) is 0 Å². The van der Waals surface area contributed by atoms with Crippen molar-refractivity contribution >= 4 is 23.8 Å². The first-order chi connectivity index (χ1) is 5.95. The Morgan fingerprint density at radius 1 is 0.846 bits per heavy atom. The Morgan fingerprint density at radius 3 is 1.38 bits per heavy atom. The highest BCUT2D eigenvalue weighted by Gasteiger charge is 2.14. The monoisotopic (exact) mass is 192 g/mol. The van der Waals surface area contributed by atoms with E-state index in [9.17, 15) is 19.2 Å². The predicted octanol–water partition coefficient (Wildman–Crippen LogP) is -2.77. The summed E-state index contributed by atoms with van der Waals surface area (Å²) in [6, 6.07) is 0. The SMILES string of the molecule is O=C(O)C(=O)NONC(=O)C(=O)O. The van der Waals surface area contributed by atoms with Crippen LogP contribution in [-0.2, 0) is 24.1 Å². The van der Waals surface area contributed by atoms with Crippen LogP contribution < -0.4 is 11.0 Å². The molecule has 0 aromatic rings. The first kappa shape index (κ1) is 10.8. The van der Waals surface area contributed by atoms with Crippen LogP contribution in [0.15, 0.2) is 0 Å². The van der Waals surface area contributed by atoms with Crippen molar-refractivity contribution in [3.63, 3.8) is 0 Å². The molecule has 0 saturated heterocycles. The molecule has 0 rings (SSSR count). The second-order valence-electron chi connectivity index (χ2n) is 1.57. The van der Waals surface area contributed by atoms with E-state index in [4.69, 9.17) is 10.2 Å². The molecule has 0 bridgehead atoms. The van der Waals surface area contributed by atoms with Crippen LogP contribution in [0.25, 0.3) is 0 Å². The van der Waals surface area contributed by atoms with Crippen molar-refractivity contribution in [1.29, 1.82) is 0 Å². The Kier molecular flexibility index (Phi) is 3.89. The Bertz CT molecular complexity index is 233. The maximum atomic E-state index is 10.2. The molecule has 0 aromatic heterocycles. The minimum atomic E-state index is -1.84. The fourth-order valence-electron chi connectivity index (χ4n) is 0.206. The third-order valence-corrected chi connectivity index (χ3v) is 0.676. The highest BCUT2D eigenvalue weighted by atomic mass is 16.8. The highest BCUT2D eigenvalue weighted by molar-refractivity contribution is 6.32. The van der Waals surface area contributed by atoms with Gasteiger partial charge in [0.2, 0.25) is 0 Å². The van der Waals surface area contributed by atoms with Gasteiger partial charge in [-0.2, -0.15) is 15.9 Å². The van der Waals surface area contributed by atoms with Gasteiger partial charge in [0.05, 0.1) is 0 Å². The number of aliphatic carboxylic acids is 2. The Labute approximate surface area is 70.2 Å². The van der Waals surface area contributed by atoms with E-state index in [1.807, 2.05) is 0 Å². The van der Waals surface area contributed by atoms with E-state index in [0.29, 0.717) is 0 Å². The lowest BCUT2D eigenvalue weighted by Gasteiger charge is -2.00. The molecule has 0 aliphatic heterocycles. The maximum Gasteiger partial charge on any atom is 0.396 e. The lowest BCUT2D eigenvalue weighted by molar-refractivity contribution is -0.168. The number of nitrogens with one attached hydrogen (secondary N) is 2. The molecular formula is C4H4N2O7. The summed E-state index contributed by atoms with van der Waals surface area (Å²) in [7, 11) is 0. The lowest BCUT2D eigenvalue weighted by atomic mass is 10.7. The van der Waals surface area contributed by atoms with Gasteiger partial charge in [-0.15, -0.1) is 0 Å². The van der Waals surface area contributed by atoms with Gasteiger partial charge in [0.15, 0.2) is 0 Å². The Hall–Kier alpha value is -2.16. The molecule has 0 heterocycles. The third-order valence-electron chi connectivity index (χ3n) is 0.676. The lowest BCUT2D eigenvalue weighted by Crippen LogP contribution is -2.40. The molecule has 2 amide bonds. The molecule has 72 valence electrons. The molecule has 4 N–H and O–H groups in total. The summed E-state index contributed by atoms with van der Waals surface area (Å²) in [6.45, 7) is 0. The molecular weight excluding hydrogens is 188 g/mol. The van der Waals surface area contributed by atoms with E-state index in [0.717, 1.165) is 0 Å². The average molecular weight is 192 g/mol. The molecule has 0 fully saturated rings. The van der Waals surface area contributed by atoms with E-state index < -0.39 is 23.8 Å². The number of carboxylic acids is 2. The van der Waals surface area contributed by atoms with Gasteiger partial charge in [0.25, 0.3) is 0 Å². The zero-order chi connectivity index (χ0) is 10.4. The average Bonchev–Trinajstić information content (AvgIpc) is 2.03. The second-order valence-corrected chi connectivity index (χ2v) is 1.57. The normalized spacial score (nSPS) is 8.62. The Morgan fingerprint density at radius 2 is 1.15 bits per heavy atom. The summed E-state index contributed by atoms with van der Waals surface area (Å²) in [6.07, 6.45) is 0. The molecule has 0 aliphatic carbocycles. The minimum Gasteiger partial charge on any atom is -0.474 e. The number of hydroxylamine groups is 2. The van der Waals surface area contributed by atoms with Crippen LogP contribution in [-0.4, -0.2) is 34.0 Å². The van der Waals surface area contributed by atoms with Gasteiger partial charge in [0, 0.05) is 0 Å². The zero-order valence-electron chi connectivity index (χ0n) is 5.94. The smallest absolute Gasteiger partial charge is 0.396 e. The summed E-state index contributed by atoms with van der Waals surface area (Å²) in [5.74, 6) is -6.79. The fourth-order valence-corrected chi connectivity index (χ4v) is 0.206. The van der Waals surface area contributed by atoms with E-state index in [1.165, 1.54) is 11.0 Å². The van der Waals surface area contributed by atoms with E-state index in [-0.39, 0.29) is 0 Å². The number of amides is 2. The van der Waals surface area contributed by atoms with Crippen molar-refractivity contribution in [2.45, 2.75) is 0 Å². The number of carbonyl (C=O) groups excluding carboxylic acids is 2. The number of hydrogen-bond acceptors (Lipinski definition) is 5. The Balaban J connectivity index is 3.69. The van der Waals surface area contributed by atoms with Crippen LogP contribution in [0.2, 0.25) is 0 Å². The standard InChI is InChI=1S/C4H4N2O7/c7-1(3(9)10)5-13-6-2(8)4(11)12/h(H,5,7)(H,6,8)(H,9,10)(H,11,12). The number of carbonyl (C=O) groups is 4. The van der Waals surface area contributed by atoms with Crippen LogP contribution in [0.3, 0.4) is 0 Å². The third kappa shape index (κ3) is 4.31. The maximum absolute atomic E-state index is 10.2. The van der Waals surface area contributed by atoms with Crippen LogP contribution in [0.5, 0.6) is 0 Å². The largest absolute Gasteiger partial charge is 0.474 e. The number of carboxylic acid groups (broad SMARTS) is 2. The van der Waals surface area contributed by atoms with E-state index in [1.54, 1.807) is 0 Å². The first-order valence-electron chi connectivity index (χ1n) is 2.67. The molecule has 13 heavy (non-hydrogen) atoms. The van der Waals surface area contributed by atoms with Crippen molar-refractivity contribution < 1.29 is 34.3 Å². The van der Waals surface area contributed by atoms with Gasteiger partial charge in [-0.25, -0.2) is 9.59 Å². The minimum absolute atomic E-state index is 1.23. The van der Waals surface area contributed by atoms with E-state index in [2.05, 4.69) is 4.94 Å². The summed E-state index contributed by atoms with van der Waals surface area (Å²) in [5.41, 5.74) is 2.47. The van der Waals surface area contributed by atoms with Crippen LogP contribution in [0, 0.1) is 0 Å². The molecule has 0 radical (unpaired) electrons. The molecule has 0 atom stereocenters. The molecule has 0 aliphatic rings. The number of hydrogen-bond donors (Lipinski definition) is 4. The van der Waals surface area contributed by atoms with E-state index >= 15 is 0 Å². The van der Waals surface area contributed by atoms with Crippen molar-refractivity contribution in [1.82, 2.24) is 11.0 Å². The molecule has 0 unspecified atom stereocenters. The first-order valence-corrected chi connectivity index (χ1v) is 2.67. The van der Waals surface area contributed by atoms with Gasteiger partial charge < -0.3 is 10.2 Å². The molecule has 9 nitrogen and oxygen atoms in total. The highest BCUT2D eigenvalue weighted by Crippen LogP contribution is 1.68. The van der Waals surface area contributed by atoms with Crippen LogP contribution in [0.4, 0.5) is 0 Å². The summed E-state index contributed by atoms with van der Waals surface area (Å²) in [4.78, 5) is 43.6. The van der Waals surface area contributed by atoms with Crippen molar-refractivity contribution in [2.75, 3.05) is 0 Å². The van der Waals surface area contributed by atoms with Gasteiger partial charge in [-0.3, -0.25) is 9.59 Å². The zero-order valence-corrected chi connectivity index (χ0v) is 5.94. The summed E-state index contributed by atoms with van der Waals surface area (Å²) >= 11 is 0. The molecule has 0 saturated carbocycles. The van der Waals surface area contributed by atoms with Crippen LogP contribution >= 0.6 is 0 Å². The predicted molar refractivity (Wildman–Crippen MR) is 32.6 cm³/mol. The van der Waals surface area contributed by atoms with Crippen molar-refractivity contribution in [2.24, 2.45) is 0 Å². The topological polar surface area (TPSA) is 142 Å².